The molecule has 0 radical (unpaired) electrons. The molecule has 2 aromatic carbocycles. The average Bonchev–Trinajstić information content (AvgIpc) is 3.41. The van der Waals surface area contributed by atoms with Crippen molar-refractivity contribution in [3.8, 4) is 5.69 Å². The van der Waals surface area contributed by atoms with Crippen molar-refractivity contribution in [3.63, 3.8) is 0 Å². The summed E-state index contributed by atoms with van der Waals surface area (Å²) in [6, 6.07) is 20.9. The molecule has 1 aliphatic rings. The predicted molar refractivity (Wildman–Crippen MR) is 133 cm³/mol. The molecule has 2 aromatic heterocycles. The van der Waals surface area contributed by atoms with E-state index in [4.69, 9.17) is 4.74 Å². The zero-order valence-corrected chi connectivity index (χ0v) is 18.9. The van der Waals surface area contributed by atoms with Crippen LogP contribution in [0.3, 0.4) is 0 Å². The fourth-order valence-electron chi connectivity index (χ4n) is 3.82. The predicted octanol–water partition coefficient (Wildman–Crippen LogP) is 4.41. The van der Waals surface area contributed by atoms with Crippen LogP contribution in [0.15, 0.2) is 79.1 Å². The van der Waals surface area contributed by atoms with E-state index >= 15 is 0 Å². The molecule has 1 aliphatic heterocycles. The van der Waals surface area contributed by atoms with E-state index in [2.05, 4.69) is 25.5 Å². The monoisotopic (exact) mass is 454 g/mol. The lowest BCUT2D eigenvalue weighted by molar-refractivity contribution is 0.102. The molecular weight excluding hydrogens is 428 g/mol. The molecule has 3 heterocycles. The molecule has 34 heavy (non-hydrogen) atoms. The number of nitrogens with one attached hydrogen (secondary N) is 2. The van der Waals surface area contributed by atoms with Crippen molar-refractivity contribution >= 4 is 29.0 Å². The fraction of sp³-hybridized carbons (Fsp3) is 0.192. The van der Waals surface area contributed by atoms with Crippen LogP contribution in [0, 0.1) is 6.92 Å². The van der Waals surface area contributed by atoms with Gasteiger partial charge in [0, 0.05) is 59.9 Å². The Labute approximate surface area is 198 Å². The highest BCUT2D eigenvalue weighted by molar-refractivity contribution is 6.04. The van der Waals surface area contributed by atoms with Gasteiger partial charge in [-0.25, -0.2) is 4.98 Å². The second-order valence-corrected chi connectivity index (χ2v) is 8.08. The van der Waals surface area contributed by atoms with Crippen LogP contribution in [-0.2, 0) is 4.74 Å². The number of amides is 1. The molecule has 0 atom stereocenters. The van der Waals surface area contributed by atoms with Gasteiger partial charge in [0.25, 0.3) is 5.91 Å². The van der Waals surface area contributed by atoms with E-state index in [-0.39, 0.29) is 5.91 Å². The highest BCUT2D eigenvalue weighted by atomic mass is 16.5. The first-order chi connectivity index (χ1) is 16.6. The number of aryl methyl sites for hydroxylation is 1. The van der Waals surface area contributed by atoms with Crippen LogP contribution in [-0.4, -0.2) is 46.7 Å². The molecule has 1 fully saturated rings. The molecule has 0 unspecified atom stereocenters. The van der Waals surface area contributed by atoms with Gasteiger partial charge < -0.3 is 24.8 Å². The number of anilines is 4. The normalized spacial score (nSPS) is 13.5. The Balaban J connectivity index is 1.22. The zero-order chi connectivity index (χ0) is 23.3. The number of benzene rings is 2. The number of carbonyl (C=O) groups excluding carboxylic acids is 1. The van der Waals surface area contributed by atoms with Crippen LogP contribution in [0.5, 0.6) is 0 Å². The summed E-state index contributed by atoms with van der Waals surface area (Å²) in [6.07, 6.45) is 3.94. The summed E-state index contributed by atoms with van der Waals surface area (Å²) in [4.78, 5) is 24.0. The van der Waals surface area contributed by atoms with Gasteiger partial charge in [-0.3, -0.25) is 4.79 Å². The molecule has 0 bridgehead atoms. The van der Waals surface area contributed by atoms with Crippen molar-refractivity contribution in [1.82, 2.24) is 14.5 Å². The molecular formula is C26H26N6O2. The molecule has 4 aromatic rings. The van der Waals surface area contributed by atoms with Crippen molar-refractivity contribution in [2.24, 2.45) is 0 Å². The Bertz CT molecular complexity index is 1250. The summed E-state index contributed by atoms with van der Waals surface area (Å²) < 4.78 is 7.43. The van der Waals surface area contributed by atoms with Crippen LogP contribution in [0.2, 0.25) is 0 Å². The summed E-state index contributed by atoms with van der Waals surface area (Å²) in [6.45, 7) is 5.01. The van der Waals surface area contributed by atoms with Gasteiger partial charge >= 0.3 is 0 Å². The highest BCUT2D eigenvalue weighted by Crippen LogP contribution is 2.21. The summed E-state index contributed by atoms with van der Waals surface area (Å²) in [5.41, 5.74) is 4.05. The first kappa shape index (κ1) is 21.7. The van der Waals surface area contributed by atoms with Crippen molar-refractivity contribution in [2.45, 2.75) is 6.92 Å². The van der Waals surface area contributed by atoms with Crippen molar-refractivity contribution in [2.75, 3.05) is 41.8 Å². The minimum absolute atomic E-state index is 0.156. The number of carbonyl (C=O) groups is 1. The van der Waals surface area contributed by atoms with Crippen LogP contribution in [0.4, 0.5) is 23.1 Å². The molecule has 2 N–H and O–H groups in total. The first-order valence-electron chi connectivity index (χ1n) is 11.2. The van der Waals surface area contributed by atoms with Gasteiger partial charge in [-0.1, -0.05) is 0 Å². The SMILES string of the molecule is Cc1cc(N2CCOCC2)nc(Nc2ccc(NC(=O)c3ccc(-n4cccc4)cc3)cc2)n1. The van der Waals surface area contributed by atoms with E-state index in [1.165, 1.54) is 0 Å². The third kappa shape index (κ3) is 5.07. The smallest absolute Gasteiger partial charge is 0.255 e. The van der Waals surface area contributed by atoms with Crippen molar-refractivity contribution < 1.29 is 9.53 Å². The quantitative estimate of drug-likeness (QED) is 0.449. The summed E-state index contributed by atoms with van der Waals surface area (Å²) in [5, 5.41) is 6.20. The van der Waals surface area contributed by atoms with Gasteiger partial charge in [0.2, 0.25) is 5.95 Å². The Morgan fingerprint density at radius 3 is 2.29 bits per heavy atom. The van der Waals surface area contributed by atoms with Gasteiger partial charge in [0.1, 0.15) is 5.82 Å². The van der Waals surface area contributed by atoms with Gasteiger partial charge in [0.15, 0.2) is 0 Å². The lowest BCUT2D eigenvalue weighted by Gasteiger charge is -2.28. The standard InChI is InChI=1S/C26H26N6O2/c1-19-18-24(32-14-16-34-17-15-32)30-26(27-19)29-22-8-6-21(7-9-22)28-25(33)20-4-10-23(11-5-20)31-12-2-3-13-31/h2-13,18H,14-17H2,1H3,(H,28,33)(H,27,29,30). The molecule has 1 amide bonds. The van der Waals surface area contributed by atoms with Crippen LogP contribution in [0.1, 0.15) is 16.1 Å². The Morgan fingerprint density at radius 1 is 0.912 bits per heavy atom. The van der Waals surface area contributed by atoms with E-state index in [1.54, 1.807) is 0 Å². The molecule has 1 saturated heterocycles. The van der Waals surface area contributed by atoms with Crippen LogP contribution < -0.4 is 15.5 Å². The second kappa shape index (κ2) is 9.76. The van der Waals surface area contributed by atoms with E-state index < -0.39 is 0 Å². The van der Waals surface area contributed by atoms with Crippen LogP contribution >= 0.6 is 0 Å². The van der Waals surface area contributed by atoms with Gasteiger partial charge in [-0.05, 0) is 67.6 Å². The topological polar surface area (TPSA) is 84.3 Å². The minimum Gasteiger partial charge on any atom is -0.378 e. The fourth-order valence-corrected chi connectivity index (χ4v) is 3.82. The third-order valence-electron chi connectivity index (χ3n) is 5.61. The highest BCUT2D eigenvalue weighted by Gasteiger charge is 2.14. The number of hydrogen-bond acceptors (Lipinski definition) is 6. The first-order valence-corrected chi connectivity index (χ1v) is 11.2. The van der Waals surface area contributed by atoms with E-state index in [0.29, 0.717) is 30.4 Å². The third-order valence-corrected chi connectivity index (χ3v) is 5.61. The maximum atomic E-state index is 12.6. The molecule has 8 nitrogen and oxygen atoms in total. The number of rotatable bonds is 6. The summed E-state index contributed by atoms with van der Waals surface area (Å²) >= 11 is 0. The molecule has 0 aliphatic carbocycles. The molecule has 0 saturated carbocycles. The second-order valence-electron chi connectivity index (χ2n) is 8.08. The number of ether oxygens (including phenoxy) is 1. The zero-order valence-electron chi connectivity index (χ0n) is 18.9. The molecule has 0 spiro atoms. The van der Waals surface area contributed by atoms with Crippen LogP contribution in [0.25, 0.3) is 5.69 Å². The number of hydrogen-bond donors (Lipinski definition) is 2. The largest absolute Gasteiger partial charge is 0.378 e. The lowest BCUT2D eigenvalue weighted by atomic mass is 10.2. The average molecular weight is 455 g/mol. The van der Waals surface area contributed by atoms with E-state index in [0.717, 1.165) is 36.0 Å². The number of aromatic nitrogens is 3. The van der Waals surface area contributed by atoms with Gasteiger partial charge in [-0.2, -0.15) is 4.98 Å². The summed E-state index contributed by atoms with van der Waals surface area (Å²) in [5.74, 6) is 1.28. The lowest BCUT2D eigenvalue weighted by Crippen LogP contribution is -2.36. The minimum atomic E-state index is -0.156. The van der Waals surface area contributed by atoms with E-state index in [9.17, 15) is 4.79 Å². The number of nitrogens with zero attached hydrogens (tertiary/aromatic N) is 4. The maximum Gasteiger partial charge on any atom is 0.255 e. The molecule has 172 valence electrons. The maximum absolute atomic E-state index is 12.6. The van der Waals surface area contributed by atoms with Crippen molar-refractivity contribution in [3.05, 3.63) is 90.4 Å². The van der Waals surface area contributed by atoms with Gasteiger partial charge in [0.05, 0.1) is 13.2 Å². The Kier molecular flexibility index (Phi) is 6.22. The number of morpholine rings is 1. The van der Waals surface area contributed by atoms with E-state index in [1.807, 2.05) is 90.6 Å². The molecule has 8 heteroatoms. The van der Waals surface area contributed by atoms with Gasteiger partial charge in [-0.15, -0.1) is 0 Å². The van der Waals surface area contributed by atoms with Crippen molar-refractivity contribution in [1.29, 1.82) is 0 Å². The Morgan fingerprint density at radius 2 is 1.59 bits per heavy atom. The molecule has 5 rings (SSSR count). The summed E-state index contributed by atoms with van der Waals surface area (Å²) in [7, 11) is 0. The Hall–Kier alpha value is -4.17.